The first-order chi connectivity index (χ1) is 17.3. The lowest BCUT2D eigenvalue weighted by atomic mass is 9.70. The highest BCUT2D eigenvalue weighted by molar-refractivity contribution is 5.97. The third-order valence-corrected chi connectivity index (χ3v) is 9.27. The quantitative estimate of drug-likeness (QED) is 0.430. The lowest BCUT2D eigenvalue weighted by molar-refractivity contribution is -0.127. The Balaban J connectivity index is 1.32. The summed E-state index contributed by atoms with van der Waals surface area (Å²) in [6.45, 7) is 2.98. The maximum absolute atomic E-state index is 13.5. The Morgan fingerprint density at radius 2 is 1.67 bits per heavy atom. The van der Waals surface area contributed by atoms with Gasteiger partial charge in [-0.25, -0.2) is 4.79 Å². The highest BCUT2D eigenvalue weighted by Gasteiger charge is 2.49. The van der Waals surface area contributed by atoms with E-state index in [1.165, 1.54) is 26.4 Å². The third-order valence-electron chi connectivity index (χ3n) is 9.27. The summed E-state index contributed by atoms with van der Waals surface area (Å²) in [5.74, 6) is 1.03. The van der Waals surface area contributed by atoms with Gasteiger partial charge in [0.05, 0.1) is 12.5 Å². The predicted molar refractivity (Wildman–Crippen MR) is 138 cm³/mol. The van der Waals surface area contributed by atoms with E-state index in [2.05, 4.69) is 22.9 Å². The van der Waals surface area contributed by atoms with Gasteiger partial charge < -0.3 is 20.7 Å². The second-order valence-electron chi connectivity index (χ2n) is 12.1. The summed E-state index contributed by atoms with van der Waals surface area (Å²) in [5, 5.41) is 9.18. The number of ether oxygens (including phenoxy) is 1. The molecule has 0 radical (unpaired) electrons. The second kappa shape index (κ2) is 10.1. The molecule has 4 saturated carbocycles. The molecule has 0 aliphatic heterocycles. The van der Waals surface area contributed by atoms with Crippen LogP contribution in [-0.2, 0) is 19.7 Å². The molecule has 0 spiro atoms. The van der Waals surface area contributed by atoms with E-state index in [0.29, 0.717) is 17.5 Å². The minimum absolute atomic E-state index is 0.115. The summed E-state index contributed by atoms with van der Waals surface area (Å²) in [5.41, 5.74) is 1.32. The monoisotopic (exact) mass is 495 g/mol. The first kappa shape index (κ1) is 25.1. The summed E-state index contributed by atoms with van der Waals surface area (Å²) in [6.07, 6.45) is 11.2. The molecule has 0 aromatic heterocycles. The van der Waals surface area contributed by atoms with Crippen molar-refractivity contribution in [1.29, 1.82) is 0 Å². The molecular formula is C29H41N3O4. The fourth-order valence-electron chi connectivity index (χ4n) is 6.57. The molecule has 1 aromatic rings. The van der Waals surface area contributed by atoms with Gasteiger partial charge in [-0.3, -0.25) is 9.59 Å². The van der Waals surface area contributed by atoms with Crippen LogP contribution < -0.4 is 16.0 Å². The van der Waals surface area contributed by atoms with Crippen molar-refractivity contribution in [2.45, 2.75) is 89.0 Å². The third kappa shape index (κ3) is 5.25. The Bertz CT molecular complexity index is 978. The van der Waals surface area contributed by atoms with Crippen LogP contribution >= 0.6 is 0 Å². The Kier molecular flexibility index (Phi) is 7.01. The zero-order valence-electron chi connectivity index (χ0n) is 21.7. The lowest BCUT2D eigenvalue weighted by Gasteiger charge is -2.39. The Labute approximate surface area is 214 Å². The van der Waals surface area contributed by atoms with E-state index in [4.69, 9.17) is 4.74 Å². The van der Waals surface area contributed by atoms with Crippen molar-refractivity contribution in [1.82, 2.24) is 10.6 Å². The second-order valence-corrected chi connectivity index (χ2v) is 12.1. The zero-order valence-corrected chi connectivity index (χ0v) is 21.7. The van der Waals surface area contributed by atoms with Crippen molar-refractivity contribution in [2.75, 3.05) is 19.0 Å². The SMILES string of the molecule is COC(=O)N[C@H](C(=O)Nc1cccc(C2(C(=O)NCC3(C)CCC3)CCCC2)c1)C(C1CC1)C1CC1. The van der Waals surface area contributed by atoms with Crippen LogP contribution in [-0.4, -0.2) is 37.6 Å². The number of amides is 3. The molecule has 196 valence electrons. The molecule has 0 bridgehead atoms. The molecule has 7 nitrogen and oxygen atoms in total. The fourth-order valence-corrected chi connectivity index (χ4v) is 6.57. The van der Waals surface area contributed by atoms with E-state index in [9.17, 15) is 14.4 Å². The average molecular weight is 496 g/mol. The number of carbonyl (C=O) groups excluding carboxylic acids is 3. The number of nitrogens with one attached hydrogen (secondary N) is 3. The van der Waals surface area contributed by atoms with E-state index in [1.54, 1.807) is 0 Å². The molecule has 0 heterocycles. The van der Waals surface area contributed by atoms with Gasteiger partial charge in [-0.05, 0) is 92.2 Å². The van der Waals surface area contributed by atoms with Gasteiger partial charge in [0.2, 0.25) is 11.8 Å². The van der Waals surface area contributed by atoms with Gasteiger partial charge in [0, 0.05) is 12.2 Å². The number of methoxy groups -OCH3 is 1. The first-order valence-corrected chi connectivity index (χ1v) is 13.9. The van der Waals surface area contributed by atoms with E-state index < -0.39 is 17.6 Å². The van der Waals surface area contributed by atoms with E-state index in [1.807, 2.05) is 24.3 Å². The molecule has 36 heavy (non-hydrogen) atoms. The number of anilines is 1. The highest BCUT2D eigenvalue weighted by Crippen LogP contribution is 2.51. The van der Waals surface area contributed by atoms with Crippen molar-refractivity contribution in [3.05, 3.63) is 29.8 Å². The number of hydrogen-bond donors (Lipinski definition) is 3. The molecule has 4 fully saturated rings. The predicted octanol–water partition coefficient (Wildman–Crippen LogP) is 4.90. The van der Waals surface area contributed by atoms with Gasteiger partial charge in [-0.2, -0.15) is 0 Å². The topological polar surface area (TPSA) is 96.5 Å². The minimum Gasteiger partial charge on any atom is -0.453 e. The summed E-state index contributed by atoms with van der Waals surface area (Å²) < 4.78 is 4.84. The number of hydrogen-bond acceptors (Lipinski definition) is 4. The fraction of sp³-hybridized carbons (Fsp3) is 0.690. The molecule has 7 heteroatoms. The van der Waals surface area contributed by atoms with Crippen LogP contribution in [0.5, 0.6) is 0 Å². The molecule has 1 aromatic carbocycles. The lowest BCUT2D eigenvalue weighted by Crippen LogP contribution is -2.50. The molecule has 5 rings (SSSR count). The Morgan fingerprint density at radius 1 is 1.00 bits per heavy atom. The van der Waals surface area contributed by atoms with E-state index in [0.717, 1.165) is 63.5 Å². The van der Waals surface area contributed by atoms with Crippen LogP contribution in [0.25, 0.3) is 0 Å². The molecule has 4 aliphatic carbocycles. The van der Waals surface area contributed by atoms with Crippen molar-refractivity contribution < 1.29 is 19.1 Å². The summed E-state index contributed by atoms with van der Waals surface area (Å²) in [4.78, 5) is 39.2. The van der Waals surface area contributed by atoms with Gasteiger partial charge >= 0.3 is 6.09 Å². The molecule has 1 atom stereocenters. The Hall–Kier alpha value is -2.57. The number of rotatable bonds is 10. The molecule has 3 N–H and O–H groups in total. The summed E-state index contributed by atoms with van der Waals surface area (Å²) in [6, 6.07) is 7.16. The number of benzene rings is 1. The molecule has 3 amide bonds. The maximum atomic E-state index is 13.5. The van der Waals surface area contributed by atoms with Crippen LogP contribution in [0.2, 0.25) is 0 Å². The maximum Gasteiger partial charge on any atom is 0.407 e. The van der Waals surface area contributed by atoms with Gasteiger partial charge in [0.1, 0.15) is 6.04 Å². The number of alkyl carbamates (subject to hydrolysis) is 1. The first-order valence-electron chi connectivity index (χ1n) is 13.9. The molecule has 0 unspecified atom stereocenters. The Morgan fingerprint density at radius 3 is 2.22 bits per heavy atom. The minimum atomic E-state index is -0.618. The van der Waals surface area contributed by atoms with Crippen LogP contribution in [0.1, 0.15) is 83.1 Å². The van der Waals surface area contributed by atoms with Gasteiger partial charge in [0.15, 0.2) is 0 Å². The summed E-state index contributed by atoms with van der Waals surface area (Å²) >= 11 is 0. The van der Waals surface area contributed by atoms with Gasteiger partial charge in [-0.15, -0.1) is 0 Å². The van der Waals surface area contributed by atoms with E-state index >= 15 is 0 Å². The smallest absolute Gasteiger partial charge is 0.407 e. The van der Waals surface area contributed by atoms with Crippen LogP contribution in [0.15, 0.2) is 24.3 Å². The van der Waals surface area contributed by atoms with Crippen molar-refractivity contribution in [3.63, 3.8) is 0 Å². The van der Waals surface area contributed by atoms with Crippen LogP contribution in [0.4, 0.5) is 10.5 Å². The average Bonchev–Trinajstić information content (AvgIpc) is 3.80. The van der Waals surface area contributed by atoms with Crippen molar-refractivity contribution in [2.24, 2.45) is 23.2 Å². The highest BCUT2D eigenvalue weighted by atomic mass is 16.5. The van der Waals surface area contributed by atoms with Gasteiger partial charge in [0.25, 0.3) is 0 Å². The molecule has 0 saturated heterocycles. The normalized spacial score (nSPS) is 22.9. The zero-order chi connectivity index (χ0) is 25.3. The van der Waals surface area contributed by atoms with Crippen molar-refractivity contribution in [3.8, 4) is 0 Å². The van der Waals surface area contributed by atoms with Crippen molar-refractivity contribution >= 4 is 23.6 Å². The standard InChI is InChI=1S/C29H41N3O4/c1-28(13-6-14-28)18-30-26(34)29(15-3-4-16-29)21-7-5-8-22(17-21)31-25(33)24(32-27(35)36-2)23(19-9-10-19)20-11-12-20/h5,7-8,17,19-20,23-24H,3-4,6,9-16,18H2,1-2H3,(H,30,34)(H,31,33)(H,32,35)/t24-/m0/s1. The van der Waals surface area contributed by atoms with Crippen LogP contribution in [0.3, 0.4) is 0 Å². The molecular weight excluding hydrogens is 454 g/mol. The summed E-state index contributed by atoms with van der Waals surface area (Å²) in [7, 11) is 1.33. The number of carbonyl (C=O) groups is 3. The largest absolute Gasteiger partial charge is 0.453 e. The van der Waals surface area contributed by atoms with E-state index in [-0.39, 0.29) is 23.1 Å². The molecule has 4 aliphatic rings. The van der Waals surface area contributed by atoms with Crippen LogP contribution in [0, 0.1) is 23.2 Å². The van der Waals surface area contributed by atoms with Gasteiger partial charge in [-0.1, -0.05) is 38.3 Å².